The molecule has 2 unspecified atom stereocenters. The van der Waals surface area contributed by atoms with Crippen molar-refractivity contribution in [2.45, 2.75) is 23.7 Å². The van der Waals surface area contributed by atoms with Gasteiger partial charge < -0.3 is 14.4 Å². The Morgan fingerprint density at radius 1 is 0.363 bits per heavy atom. The van der Waals surface area contributed by atoms with Crippen LogP contribution in [0.2, 0.25) is 0 Å². The molecule has 3 aliphatic rings. The maximum atomic E-state index is 17.5. The molecular formula is C84H57F4NO2. The molecule has 0 spiro atoms. The molecule has 0 aromatic heterocycles. The first kappa shape index (κ1) is 56.2. The van der Waals surface area contributed by atoms with Crippen molar-refractivity contribution < 1.29 is 27.0 Å². The summed E-state index contributed by atoms with van der Waals surface area (Å²) in [4.78, 5) is 2.15. The summed E-state index contributed by atoms with van der Waals surface area (Å²) in [7, 11) is 0. The smallest absolute Gasteiger partial charge is 0.130 e. The van der Waals surface area contributed by atoms with E-state index in [4.69, 9.17) is 9.47 Å². The van der Waals surface area contributed by atoms with Gasteiger partial charge >= 0.3 is 0 Å². The standard InChI is InChI=1S/C84H57F4NO2/c1-3-54-31-41-63(42-32-54)90-65-45-35-58(36-46-65)83(81-77(85)27-15-28-78(81)86)73-25-12-10-23-69(73)71-49-39-61(52-75(71)83)89(60-20-14-19-57(51-60)68-22-9-8-21-67(68)56-17-6-5-7-18-56)62-40-50-72-70-24-11-13-26-74(70)84(76(72)53-62,82-79(87)29-16-30-80(82)88)59-37-47-66(48-38-59)91-64-43-33-55(4-2)34-44-64/h3-10,12-23,25-53H,1-2,11,24H2. The monoisotopic (exact) mass is 1190 g/mol. The highest BCUT2D eigenvalue weighted by atomic mass is 19.1. The Hall–Kier alpha value is -11.3. The average molecular weight is 1190 g/mol. The van der Waals surface area contributed by atoms with Crippen molar-refractivity contribution in [3.8, 4) is 56.4 Å². The molecule has 7 heteroatoms. The minimum Gasteiger partial charge on any atom is -0.457 e. The van der Waals surface area contributed by atoms with Gasteiger partial charge in [-0.1, -0.05) is 201 Å². The van der Waals surface area contributed by atoms with Gasteiger partial charge in [0.25, 0.3) is 0 Å². The van der Waals surface area contributed by atoms with Crippen LogP contribution in [-0.4, -0.2) is 0 Å². The summed E-state index contributed by atoms with van der Waals surface area (Å²) in [6, 6.07) is 85.5. The van der Waals surface area contributed by atoms with Crippen molar-refractivity contribution in [2.24, 2.45) is 0 Å². The number of hydrogen-bond donors (Lipinski definition) is 0. The van der Waals surface area contributed by atoms with Crippen LogP contribution >= 0.6 is 0 Å². The number of rotatable bonds is 15. The molecule has 0 N–H and O–H groups in total. The van der Waals surface area contributed by atoms with Crippen LogP contribution in [0.15, 0.2) is 304 Å². The van der Waals surface area contributed by atoms with Crippen LogP contribution in [0.4, 0.5) is 34.6 Å². The molecule has 0 bridgehead atoms. The second kappa shape index (κ2) is 23.0. The largest absolute Gasteiger partial charge is 0.457 e. The Morgan fingerprint density at radius 3 is 1.35 bits per heavy atom. The zero-order valence-electron chi connectivity index (χ0n) is 49.4. The van der Waals surface area contributed by atoms with Crippen LogP contribution in [-0.2, 0) is 10.8 Å². The number of benzene rings is 12. The van der Waals surface area contributed by atoms with E-state index in [-0.39, 0.29) is 11.1 Å². The fourth-order valence-corrected chi connectivity index (χ4v) is 14.3. The lowest BCUT2D eigenvalue weighted by atomic mass is 9.66. The number of nitrogens with zero attached hydrogens (tertiary/aromatic N) is 1. The van der Waals surface area contributed by atoms with E-state index in [1.807, 2.05) is 170 Å². The number of hydrogen-bond acceptors (Lipinski definition) is 3. The minimum absolute atomic E-state index is 0.0984. The highest BCUT2D eigenvalue weighted by Gasteiger charge is 2.52. The first-order valence-corrected chi connectivity index (χ1v) is 30.4. The van der Waals surface area contributed by atoms with Crippen molar-refractivity contribution in [1.29, 1.82) is 0 Å². The van der Waals surface area contributed by atoms with Gasteiger partial charge in [0.2, 0.25) is 0 Å². The second-order valence-electron chi connectivity index (χ2n) is 23.1. The summed E-state index contributed by atoms with van der Waals surface area (Å²) in [6.45, 7) is 7.77. The van der Waals surface area contributed by atoms with Gasteiger partial charge in [-0.3, -0.25) is 0 Å². The predicted molar refractivity (Wildman–Crippen MR) is 360 cm³/mol. The fourth-order valence-electron chi connectivity index (χ4n) is 14.3. The van der Waals surface area contributed by atoms with Crippen molar-refractivity contribution in [1.82, 2.24) is 0 Å². The van der Waals surface area contributed by atoms with Crippen LogP contribution in [0.25, 0.3) is 51.1 Å². The Balaban J connectivity index is 0.969. The first-order valence-electron chi connectivity index (χ1n) is 30.4. The van der Waals surface area contributed by atoms with E-state index < -0.39 is 34.1 Å². The van der Waals surface area contributed by atoms with Gasteiger partial charge in [0.05, 0.1) is 10.8 Å². The molecule has 0 aliphatic heterocycles. The van der Waals surface area contributed by atoms with Gasteiger partial charge in [-0.25, -0.2) is 17.6 Å². The van der Waals surface area contributed by atoms with Gasteiger partial charge in [0.15, 0.2) is 0 Å². The zero-order chi connectivity index (χ0) is 61.8. The van der Waals surface area contributed by atoms with Crippen LogP contribution in [0, 0.1) is 23.3 Å². The predicted octanol–water partition coefficient (Wildman–Crippen LogP) is 22.7. The zero-order valence-corrected chi connectivity index (χ0v) is 49.4. The first-order chi connectivity index (χ1) is 44.6. The average Bonchev–Trinajstić information content (AvgIpc) is 1.56. The minimum atomic E-state index is -1.56. The molecule has 15 rings (SSSR count). The van der Waals surface area contributed by atoms with E-state index >= 15 is 17.6 Å². The van der Waals surface area contributed by atoms with Gasteiger partial charge in [-0.2, -0.15) is 0 Å². The fraction of sp³-hybridized carbons (Fsp3) is 0.0476. The summed E-state index contributed by atoms with van der Waals surface area (Å²) in [5.74, 6) is -0.476. The van der Waals surface area contributed by atoms with E-state index in [2.05, 4.69) is 96.9 Å². The van der Waals surface area contributed by atoms with Crippen molar-refractivity contribution in [3.05, 3.63) is 383 Å². The molecule has 0 saturated carbocycles. The quantitative estimate of drug-likeness (QED) is 0.0955. The molecule has 0 radical (unpaired) electrons. The molecule has 2 atom stereocenters. The molecule has 438 valence electrons. The lowest BCUT2D eigenvalue weighted by molar-refractivity contribution is 0.481. The molecule has 3 nitrogen and oxygen atoms in total. The van der Waals surface area contributed by atoms with E-state index in [1.165, 1.54) is 36.4 Å². The number of halogens is 4. The SMILES string of the molecule is C=Cc1ccc(Oc2ccc(C3(c4c(F)cccc4F)C4=C(CCC=C4)c4ccc(N(c5cccc(-c6ccccc6-c6ccccc6)c5)c5ccc6c(c5)C(c5ccc(Oc7ccc(C=C)cc7)cc5)(c5c(F)cccc5F)c5ccccc5-6)cc43)cc2)cc1. The van der Waals surface area contributed by atoms with Crippen molar-refractivity contribution in [2.75, 3.05) is 4.90 Å². The summed E-state index contributed by atoms with van der Waals surface area (Å²) in [6.07, 6.45) is 9.04. The van der Waals surface area contributed by atoms with Crippen LogP contribution in [0.5, 0.6) is 23.0 Å². The van der Waals surface area contributed by atoms with Gasteiger partial charge in [0, 0.05) is 28.2 Å². The summed E-state index contributed by atoms with van der Waals surface area (Å²) < 4.78 is 82.6. The number of allylic oxidation sites excluding steroid dienone is 4. The highest BCUT2D eigenvalue weighted by Crippen LogP contribution is 2.61. The number of anilines is 3. The normalized spacial score (nSPS) is 15.9. The van der Waals surface area contributed by atoms with Gasteiger partial charge in [-0.05, 0) is 211 Å². The maximum absolute atomic E-state index is 17.5. The van der Waals surface area contributed by atoms with E-state index in [0.717, 1.165) is 73.3 Å². The topological polar surface area (TPSA) is 21.7 Å². The highest BCUT2D eigenvalue weighted by molar-refractivity contribution is 5.94. The third-order valence-corrected chi connectivity index (χ3v) is 18.2. The van der Waals surface area contributed by atoms with Gasteiger partial charge in [-0.15, -0.1) is 0 Å². The Morgan fingerprint density at radius 2 is 0.791 bits per heavy atom. The molecule has 0 fully saturated rings. The molecule has 12 aromatic rings. The van der Waals surface area contributed by atoms with Gasteiger partial charge in [0.1, 0.15) is 46.3 Å². The Kier molecular flexibility index (Phi) is 14.2. The molecule has 91 heavy (non-hydrogen) atoms. The second-order valence-corrected chi connectivity index (χ2v) is 23.1. The number of ether oxygens (including phenoxy) is 2. The van der Waals surface area contributed by atoms with Crippen LogP contribution in [0.3, 0.4) is 0 Å². The number of fused-ring (bicyclic) bond motifs is 5. The molecular weight excluding hydrogens is 1130 g/mol. The van der Waals surface area contributed by atoms with E-state index in [9.17, 15) is 0 Å². The molecule has 0 heterocycles. The maximum Gasteiger partial charge on any atom is 0.130 e. The summed E-state index contributed by atoms with van der Waals surface area (Å²) >= 11 is 0. The Bertz CT molecular complexity index is 4860. The summed E-state index contributed by atoms with van der Waals surface area (Å²) in [5.41, 5.74) is 12.3. The summed E-state index contributed by atoms with van der Waals surface area (Å²) in [5, 5.41) is 0. The third kappa shape index (κ3) is 9.43. The Labute approximate surface area is 526 Å². The molecule has 0 saturated heterocycles. The van der Waals surface area contributed by atoms with Crippen molar-refractivity contribution >= 4 is 34.8 Å². The van der Waals surface area contributed by atoms with E-state index in [1.54, 1.807) is 12.2 Å². The lowest BCUT2D eigenvalue weighted by Gasteiger charge is -2.37. The molecule has 0 amide bonds. The van der Waals surface area contributed by atoms with Crippen LogP contribution < -0.4 is 14.4 Å². The lowest BCUT2D eigenvalue weighted by Crippen LogP contribution is -2.32. The van der Waals surface area contributed by atoms with E-state index in [0.29, 0.717) is 68.6 Å². The molecule has 3 aliphatic carbocycles. The molecule has 12 aromatic carbocycles. The van der Waals surface area contributed by atoms with Crippen LogP contribution in [0.1, 0.15) is 68.5 Å². The van der Waals surface area contributed by atoms with Crippen molar-refractivity contribution in [3.63, 3.8) is 0 Å². The third-order valence-electron chi connectivity index (χ3n) is 18.2.